The zero-order valence-corrected chi connectivity index (χ0v) is 12.4. The fourth-order valence-corrected chi connectivity index (χ4v) is 2.40. The Morgan fingerprint density at radius 1 is 1.26 bits per heavy atom. The molecule has 0 aromatic heterocycles. The Hall–Kier alpha value is -1.17. The fraction of sp³-hybridized carbons (Fsp3) is 0.429. The Labute approximate surface area is 115 Å². The highest BCUT2D eigenvalue weighted by Crippen LogP contribution is 2.06. The average Bonchev–Trinajstić information content (AvgIpc) is 2.38. The summed E-state index contributed by atoms with van der Waals surface area (Å²) in [6, 6.07) is 9.30. The molecule has 19 heavy (non-hydrogen) atoms. The van der Waals surface area contributed by atoms with Gasteiger partial charge in [-0.3, -0.25) is 0 Å². The quantitative estimate of drug-likeness (QED) is 0.835. The van der Waals surface area contributed by atoms with Crippen LogP contribution in [0.4, 0.5) is 0 Å². The second-order valence-electron chi connectivity index (χ2n) is 4.63. The molecule has 0 spiro atoms. The molecule has 0 saturated heterocycles. The molecule has 0 aliphatic rings. The van der Waals surface area contributed by atoms with Crippen molar-refractivity contribution >= 4 is 16.1 Å². The lowest BCUT2D eigenvalue weighted by molar-refractivity contribution is 0.0692. The van der Waals surface area contributed by atoms with Crippen LogP contribution in [0.2, 0.25) is 0 Å². The molecule has 0 aliphatic heterocycles. The molecule has 4 nitrogen and oxygen atoms in total. The Kier molecular flexibility index (Phi) is 6.21. The van der Waals surface area contributed by atoms with Crippen molar-refractivity contribution in [3.05, 3.63) is 41.3 Å². The van der Waals surface area contributed by atoms with Gasteiger partial charge in [-0.1, -0.05) is 44.2 Å². The summed E-state index contributed by atoms with van der Waals surface area (Å²) in [5.74, 6) is 0.255. The summed E-state index contributed by atoms with van der Waals surface area (Å²) in [5.41, 5.74) is 0.847. The summed E-state index contributed by atoms with van der Waals surface area (Å²) in [6.07, 6.45) is 1.44. The highest BCUT2D eigenvalue weighted by atomic mass is 32.2. The minimum Gasteiger partial charge on any atom is -0.380 e. The number of ether oxygens (including phenoxy) is 1. The van der Waals surface area contributed by atoms with E-state index in [-0.39, 0.29) is 18.6 Å². The molecule has 0 amide bonds. The van der Waals surface area contributed by atoms with Gasteiger partial charge in [0.1, 0.15) is 0 Å². The van der Waals surface area contributed by atoms with Gasteiger partial charge in [-0.25, -0.2) is 13.1 Å². The fourth-order valence-electron chi connectivity index (χ4n) is 1.57. The first-order chi connectivity index (χ1) is 8.94. The molecule has 0 bridgehead atoms. The number of rotatable bonds is 7. The predicted octanol–water partition coefficient (Wildman–Crippen LogP) is 2.25. The van der Waals surface area contributed by atoms with Gasteiger partial charge in [-0.15, -0.1) is 0 Å². The number of hydrogen-bond donors (Lipinski definition) is 1. The Morgan fingerprint density at radius 3 is 2.42 bits per heavy atom. The summed E-state index contributed by atoms with van der Waals surface area (Å²) in [5, 5.41) is 1.18. The van der Waals surface area contributed by atoms with Crippen LogP contribution in [-0.2, 0) is 14.8 Å². The van der Waals surface area contributed by atoms with E-state index in [9.17, 15) is 8.42 Å². The van der Waals surface area contributed by atoms with Crippen molar-refractivity contribution in [1.29, 1.82) is 0 Å². The average molecular weight is 283 g/mol. The van der Waals surface area contributed by atoms with Gasteiger partial charge in [0.25, 0.3) is 0 Å². The molecule has 1 aromatic carbocycles. The molecule has 0 fully saturated rings. The van der Waals surface area contributed by atoms with E-state index < -0.39 is 10.0 Å². The van der Waals surface area contributed by atoms with Crippen LogP contribution in [0.3, 0.4) is 0 Å². The summed E-state index contributed by atoms with van der Waals surface area (Å²) in [7, 11) is -1.85. The molecule has 0 saturated carbocycles. The van der Waals surface area contributed by atoms with Crippen LogP contribution in [0, 0.1) is 5.92 Å². The Bertz CT molecular complexity index is 495. The molecular weight excluding hydrogens is 262 g/mol. The van der Waals surface area contributed by atoms with Gasteiger partial charge in [-0.2, -0.15) is 0 Å². The third kappa shape index (κ3) is 6.00. The maximum atomic E-state index is 11.8. The summed E-state index contributed by atoms with van der Waals surface area (Å²) < 4.78 is 31.3. The van der Waals surface area contributed by atoms with Gasteiger partial charge >= 0.3 is 0 Å². The summed E-state index contributed by atoms with van der Waals surface area (Å²) in [6.45, 7) is 4.25. The van der Waals surface area contributed by atoms with Gasteiger partial charge in [-0.05, 0) is 17.6 Å². The maximum Gasteiger partial charge on any atom is 0.233 e. The van der Waals surface area contributed by atoms with Crippen LogP contribution in [0.25, 0.3) is 6.08 Å². The van der Waals surface area contributed by atoms with Crippen molar-refractivity contribution in [2.75, 3.05) is 13.7 Å². The molecule has 0 radical (unpaired) electrons. The zero-order chi connectivity index (χ0) is 14.3. The van der Waals surface area contributed by atoms with E-state index >= 15 is 0 Å². The largest absolute Gasteiger partial charge is 0.380 e. The van der Waals surface area contributed by atoms with Gasteiger partial charge < -0.3 is 4.74 Å². The lowest BCUT2D eigenvalue weighted by atomic mass is 10.1. The van der Waals surface area contributed by atoms with Gasteiger partial charge in [0, 0.05) is 19.1 Å². The van der Waals surface area contributed by atoms with Crippen LogP contribution in [-0.4, -0.2) is 28.2 Å². The number of sulfonamides is 1. The van der Waals surface area contributed by atoms with E-state index in [2.05, 4.69) is 4.72 Å². The minimum atomic E-state index is -3.43. The first-order valence-corrected chi connectivity index (χ1v) is 7.75. The topological polar surface area (TPSA) is 55.4 Å². The highest BCUT2D eigenvalue weighted by Gasteiger charge is 2.15. The third-order valence-corrected chi connectivity index (χ3v) is 3.83. The molecule has 1 rings (SSSR count). The number of nitrogens with one attached hydrogen (secondary N) is 1. The first kappa shape index (κ1) is 15.9. The first-order valence-electron chi connectivity index (χ1n) is 6.20. The van der Waals surface area contributed by atoms with Gasteiger partial charge in [0.05, 0.1) is 6.10 Å². The lowest BCUT2D eigenvalue weighted by Crippen LogP contribution is -2.35. The van der Waals surface area contributed by atoms with E-state index in [0.29, 0.717) is 0 Å². The SMILES string of the molecule is CO[C@@H](CNS(=O)(=O)/C=C/c1ccccc1)C(C)C. The van der Waals surface area contributed by atoms with E-state index in [4.69, 9.17) is 4.74 Å². The second kappa shape index (κ2) is 7.43. The van der Waals surface area contributed by atoms with Crippen molar-refractivity contribution < 1.29 is 13.2 Å². The zero-order valence-electron chi connectivity index (χ0n) is 11.5. The van der Waals surface area contributed by atoms with E-state index in [1.54, 1.807) is 13.2 Å². The maximum absolute atomic E-state index is 11.8. The Balaban J connectivity index is 2.60. The number of methoxy groups -OCH3 is 1. The standard InChI is InChI=1S/C14H21NO3S/c1-12(2)14(18-3)11-15-19(16,17)10-9-13-7-5-4-6-8-13/h4-10,12,14-15H,11H2,1-3H3/b10-9+/t14-/m0/s1. The summed E-state index contributed by atoms with van der Waals surface area (Å²) >= 11 is 0. The van der Waals surface area contributed by atoms with Crippen LogP contribution < -0.4 is 4.72 Å². The minimum absolute atomic E-state index is 0.125. The van der Waals surface area contributed by atoms with Crippen molar-refractivity contribution in [1.82, 2.24) is 4.72 Å². The molecule has 0 unspecified atom stereocenters. The van der Waals surface area contributed by atoms with Crippen LogP contribution in [0.5, 0.6) is 0 Å². The molecular formula is C14H21NO3S. The molecule has 0 heterocycles. The van der Waals surface area contributed by atoms with E-state index in [1.807, 2.05) is 44.2 Å². The molecule has 106 valence electrons. The van der Waals surface area contributed by atoms with Crippen LogP contribution in [0.15, 0.2) is 35.7 Å². The monoisotopic (exact) mass is 283 g/mol. The van der Waals surface area contributed by atoms with E-state index in [1.165, 1.54) is 5.41 Å². The predicted molar refractivity (Wildman–Crippen MR) is 78.0 cm³/mol. The molecule has 1 N–H and O–H groups in total. The third-order valence-electron chi connectivity index (χ3n) is 2.77. The van der Waals surface area contributed by atoms with Crippen molar-refractivity contribution in [3.8, 4) is 0 Å². The van der Waals surface area contributed by atoms with Gasteiger partial charge in [0.15, 0.2) is 0 Å². The second-order valence-corrected chi connectivity index (χ2v) is 6.28. The molecule has 1 aromatic rings. The summed E-state index contributed by atoms with van der Waals surface area (Å²) in [4.78, 5) is 0. The van der Waals surface area contributed by atoms with Crippen molar-refractivity contribution in [2.45, 2.75) is 20.0 Å². The molecule has 1 atom stereocenters. The van der Waals surface area contributed by atoms with Crippen LogP contribution >= 0.6 is 0 Å². The van der Waals surface area contributed by atoms with Crippen molar-refractivity contribution in [3.63, 3.8) is 0 Å². The van der Waals surface area contributed by atoms with Crippen molar-refractivity contribution in [2.24, 2.45) is 5.92 Å². The van der Waals surface area contributed by atoms with Crippen LogP contribution in [0.1, 0.15) is 19.4 Å². The van der Waals surface area contributed by atoms with E-state index in [0.717, 1.165) is 5.56 Å². The smallest absolute Gasteiger partial charge is 0.233 e. The van der Waals surface area contributed by atoms with Gasteiger partial charge in [0.2, 0.25) is 10.0 Å². The Morgan fingerprint density at radius 2 is 1.89 bits per heavy atom. The highest BCUT2D eigenvalue weighted by molar-refractivity contribution is 7.92. The normalized spacial score (nSPS) is 14.1. The molecule has 0 aliphatic carbocycles. The molecule has 5 heteroatoms. The number of hydrogen-bond acceptors (Lipinski definition) is 3. The number of benzene rings is 1. The lowest BCUT2D eigenvalue weighted by Gasteiger charge is -2.18.